The van der Waals surface area contributed by atoms with Crippen LogP contribution in [0.4, 0.5) is 0 Å². The maximum Gasteiger partial charge on any atom is 0.354 e. The van der Waals surface area contributed by atoms with Crippen molar-refractivity contribution in [2.24, 2.45) is 0 Å². The molecule has 2 rings (SSSR count). The van der Waals surface area contributed by atoms with Crippen molar-refractivity contribution < 1.29 is 14.6 Å². The van der Waals surface area contributed by atoms with Gasteiger partial charge in [-0.25, -0.2) is 14.8 Å². The van der Waals surface area contributed by atoms with Crippen LogP contribution in [0.3, 0.4) is 0 Å². The monoisotopic (exact) mass is 237 g/mol. The summed E-state index contributed by atoms with van der Waals surface area (Å²) in [7, 11) is 0. The molecule has 6 heteroatoms. The van der Waals surface area contributed by atoms with Gasteiger partial charge in [-0.15, -0.1) is 0 Å². The Balaban J connectivity index is 2.37. The van der Waals surface area contributed by atoms with Crippen LogP contribution in [0.1, 0.15) is 34.5 Å². The number of carboxylic acid groups (broad SMARTS) is 1. The average Bonchev–Trinajstić information content (AvgIpc) is 2.35. The third-order valence-electron chi connectivity index (χ3n) is 2.62. The first-order valence-electron chi connectivity index (χ1n) is 5.62. The van der Waals surface area contributed by atoms with E-state index in [1.54, 1.807) is 0 Å². The van der Waals surface area contributed by atoms with Crippen LogP contribution in [0.2, 0.25) is 0 Å². The molecule has 0 saturated carbocycles. The van der Waals surface area contributed by atoms with Crippen LogP contribution in [0, 0.1) is 0 Å². The van der Waals surface area contributed by atoms with Crippen molar-refractivity contribution in [3.8, 4) is 0 Å². The largest absolute Gasteiger partial charge is 0.476 e. The van der Waals surface area contributed by atoms with Gasteiger partial charge in [0.05, 0.1) is 5.69 Å². The van der Waals surface area contributed by atoms with Gasteiger partial charge in [0.2, 0.25) is 0 Å². The Hall–Kier alpha value is -1.53. The van der Waals surface area contributed by atoms with E-state index in [0.29, 0.717) is 24.5 Å². The molecule has 1 aromatic heterocycles. The van der Waals surface area contributed by atoms with Gasteiger partial charge in [-0.1, -0.05) is 0 Å². The van der Waals surface area contributed by atoms with Crippen molar-refractivity contribution in [1.29, 1.82) is 0 Å². The molecular formula is C11H15N3O3. The first-order valence-corrected chi connectivity index (χ1v) is 5.62. The fraction of sp³-hybridized carbons (Fsp3) is 0.545. The predicted octanol–water partition coefficient (Wildman–Crippen LogP) is 0.357. The van der Waals surface area contributed by atoms with E-state index in [4.69, 9.17) is 9.84 Å². The Morgan fingerprint density at radius 1 is 1.53 bits per heavy atom. The summed E-state index contributed by atoms with van der Waals surface area (Å²) < 4.78 is 5.21. The van der Waals surface area contributed by atoms with Crippen molar-refractivity contribution in [3.05, 3.63) is 22.8 Å². The van der Waals surface area contributed by atoms with E-state index in [2.05, 4.69) is 15.3 Å². The average molecular weight is 237 g/mol. The third kappa shape index (κ3) is 2.59. The molecule has 0 amide bonds. The van der Waals surface area contributed by atoms with Gasteiger partial charge in [0.15, 0.2) is 11.5 Å². The molecular weight excluding hydrogens is 222 g/mol. The van der Waals surface area contributed by atoms with Crippen LogP contribution in [0.25, 0.3) is 0 Å². The molecule has 0 radical (unpaired) electrons. The highest BCUT2D eigenvalue weighted by molar-refractivity contribution is 5.87. The quantitative estimate of drug-likeness (QED) is 0.786. The molecule has 1 aliphatic heterocycles. The lowest BCUT2D eigenvalue weighted by atomic mass is 10.1. The van der Waals surface area contributed by atoms with Gasteiger partial charge >= 0.3 is 5.97 Å². The Morgan fingerprint density at radius 2 is 2.35 bits per heavy atom. The van der Waals surface area contributed by atoms with Crippen molar-refractivity contribution in [1.82, 2.24) is 15.3 Å². The zero-order valence-electron chi connectivity index (χ0n) is 9.69. The second-order valence-electron chi connectivity index (χ2n) is 3.78. The second kappa shape index (κ2) is 5.20. The summed E-state index contributed by atoms with van der Waals surface area (Å²) in [5.74, 6) is -0.560. The fourth-order valence-corrected chi connectivity index (χ4v) is 1.83. The van der Waals surface area contributed by atoms with E-state index < -0.39 is 5.97 Å². The molecule has 0 spiro atoms. The van der Waals surface area contributed by atoms with Gasteiger partial charge in [-0.05, 0) is 6.92 Å². The number of ether oxygens (including phenoxy) is 1. The molecule has 1 aliphatic rings. The van der Waals surface area contributed by atoms with Gasteiger partial charge in [0.1, 0.15) is 6.61 Å². The molecule has 0 saturated heterocycles. The normalized spacial score (nSPS) is 14.4. The Morgan fingerprint density at radius 3 is 3.06 bits per heavy atom. The van der Waals surface area contributed by atoms with Gasteiger partial charge in [0, 0.05) is 31.7 Å². The maximum atomic E-state index is 11.1. The smallest absolute Gasteiger partial charge is 0.354 e. The van der Waals surface area contributed by atoms with Gasteiger partial charge < -0.3 is 15.2 Å². The van der Waals surface area contributed by atoms with E-state index in [0.717, 1.165) is 18.7 Å². The molecule has 2 heterocycles. The zero-order chi connectivity index (χ0) is 12.3. The molecule has 0 fully saturated rings. The Labute approximate surface area is 99.0 Å². The first-order chi connectivity index (χ1) is 8.22. The summed E-state index contributed by atoms with van der Waals surface area (Å²) in [5, 5.41) is 12.3. The third-order valence-corrected chi connectivity index (χ3v) is 2.62. The van der Waals surface area contributed by atoms with E-state index in [1.807, 2.05) is 6.92 Å². The number of nitrogens with one attached hydrogen (secondary N) is 1. The first kappa shape index (κ1) is 11.9. The molecule has 92 valence electrons. The highest BCUT2D eigenvalue weighted by Crippen LogP contribution is 2.16. The van der Waals surface area contributed by atoms with Crippen LogP contribution in [0.5, 0.6) is 0 Å². The van der Waals surface area contributed by atoms with Crippen molar-refractivity contribution >= 4 is 5.97 Å². The second-order valence-corrected chi connectivity index (χ2v) is 3.78. The lowest BCUT2D eigenvalue weighted by molar-refractivity contribution is 0.0686. The number of aromatic nitrogens is 2. The SMILES string of the molecule is CCOCc1nc2c(c(C(=O)O)n1)CNCC2. The Kier molecular flexibility index (Phi) is 3.65. The minimum atomic E-state index is -1.01. The number of fused-ring (bicyclic) bond motifs is 1. The number of carbonyl (C=O) groups is 1. The fourth-order valence-electron chi connectivity index (χ4n) is 1.83. The number of hydrogen-bond acceptors (Lipinski definition) is 5. The zero-order valence-corrected chi connectivity index (χ0v) is 9.69. The van der Waals surface area contributed by atoms with E-state index in [1.165, 1.54) is 0 Å². The number of carboxylic acids is 1. The number of nitrogens with zero attached hydrogens (tertiary/aromatic N) is 2. The van der Waals surface area contributed by atoms with Crippen molar-refractivity contribution in [3.63, 3.8) is 0 Å². The minimum Gasteiger partial charge on any atom is -0.476 e. The molecule has 0 atom stereocenters. The maximum absolute atomic E-state index is 11.1. The molecule has 1 aromatic rings. The number of rotatable bonds is 4. The highest BCUT2D eigenvalue weighted by atomic mass is 16.5. The van der Waals surface area contributed by atoms with Crippen LogP contribution in [-0.4, -0.2) is 34.2 Å². The van der Waals surface area contributed by atoms with E-state index in [-0.39, 0.29) is 12.3 Å². The molecule has 0 aliphatic carbocycles. The molecule has 0 aromatic carbocycles. The van der Waals surface area contributed by atoms with Crippen LogP contribution in [-0.2, 0) is 24.3 Å². The van der Waals surface area contributed by atoms with Gasteiger partial charge in [-0.2, -0.15) is 0 Å². The summed E-state index contributed by atoms with van der Waals surface area (Å²) in [5.41, 5.74) is 1.62. The van der Waals surface area contributed by atoms with Crippen molar-refractivity contribution in [2.75, 3.05) is 13.2 Å². The van der Waals surface area contributed by atoms with Gasteiger partial charge in [0.25, 0.3) is 0 Å². The summed E-state index contributed by atoms with van der Waals surface area (Å²) in [6.45, 7) is 4.03. The van der Waals surface area contributed by atoms with Crippen LogP contribution in [0.15, 0.2) is 0 Å². The summed E-state index contributed by atoms with van der Waals surface area (Å²) in [6, 6.07) is 0. The molecule has 0 unspecified atom stereocenters. The van der Waals surface area contributed by atoms with Crippen molar-refractivity contribution in [2.45, 2.75) is 26.5 Å². The summed E-state index contributed by atoms with van der Waals surface area (Å²) in [4.78, 5) is 19.5. The lowest BCUT2D eigenvalue weighted by Crippen LogP contribution is -2.28. The minimum absolute atomic E-state index is 0.0944. The summed E-state index contributed by atoms with van der Waals surface area (Å²) in [6.07, 6.45) is 0.733. The van der Waals surface area contributed by atoms with Crippen LogP contribution >= 0.6 is 0 Å². The van der Waals surface area contributed by atoms with Crippen LogP contribution < -0.4 is 5.32 Å². The Bertz CT molecular complexity index is 434. The summed E-state index contributed by atoms with van der Waals surface area (Å²) >= 11 is 0. The van der Waals surface area contributed by atoms with E-state index in [9.17, 15) is 4.79 Å². The molecule has 17 heavy (non-hydrogen) atoms. The highest BCUT2D eigenvalue weighted by Gasteiger charge is 2.21. The predicted molar refractivity (Wildman–Crippen MR) is 59.7 cm³/mol. The molecule has 0 bridgehead atoms. The number of hydrogen-bond donors (Lipinski definition) is 2. The lowest BCUT2D eigenvalue weighted by Gasteiger charge is -2.18. The van der Waals surface area contributed by atoms with E-state index >= 15 is 0 Å². The number of aromatic carboxylic acids is 1. The standard InChI is InChI=1S/C11H15N3O3/c1-2-17-6-9-13-8-3-4-12-5-7(8)10(14-9)11(15)16/h12H,2-6H2,1H3,(H,15,16). The molecule has 2 N–H and O–H groups in total. The molecule has 6 nitrogen and oxygen atoms in total. The topological polar surface area (TPSA) is 84.3 Å². The van der Waals surface area contributed by atoms with Gasteiger partial charge in [-0.3, -0.25) is 0 Å².